The van der Waals surface area contributed by atoms with Crippen LogP contribution in [0.3, 0.4) is 0 Å². The molecule has 0 radical (unpaired) electrons. The Morgan fingerprint density at radius 1 is 1.11 bits per heavy atom. The molecule has 1 fully saturated rings. The Labute approximate surface area is 163 Å². The zero-order valence-electron chi connectivity index (χ0n) is 15.8. The number of fused-ring (bicyclic) bond motifs is 3. The molecule has 2 N–H and O–H groups in total. The molecule has 1 unspecified atom stereocenters. The van der Waals surface area contributed by atoms with Crippen molar-refractivity contribution in [2.24, 2.45) is 10.7 Å². The summed E-state index contributed by atoms with van der Waals surface area (Å²) in [5, 5.41) is 0. The van der Waals surface area contributed by atoms with Crippen molar-refractivity contribution in [1.82, 2.24) is 0 Å². The van der Waals surface area contributed by atoms with Gasteiger partial charge in [0, 0.05) is 12.7 Å². The Hall–Kier alpha value is -2.66. The van der Waals surface area contributed by atoms with Crippen molar-refractivity contribution < 1.29 is 13.9 Å². The van der Waals surface area contributed by atoms with Gasteiger partial charge in [0.25, 0.3) is 0 Å². The summed E-state index contributed by atoms with van der Waals surface area (Å²) in [6.45, 7) is 0. The molecule has 1 atom stereocenters. The zero-order chi connectivity index (χ0) is 19.4. The van der Waals surface area contributed by atoms with Crippen molar-refractivity contribution in [3.63, 3.8) is 0 Å². The number of rotatable bonds is 2. The Kier molecular flexibility index (Phi) is 3.85. The molecule has 144 valence electrons. The predicted molar refractivity (Wildman–Crippen MR) is 107 cm³/mol. The van der Waals surface area contributed by atoms with Gasteiger partial charge in [-0.05, 0) is 55.0 Å². The Morgan fingerprint density at radius 3 is 2.50 bits per heavy atom. The predicted octanol–water partition coefficient (Wildman–Crippen LogP) is 4.49. The van der Waals surface area contributed by atoms with Crippen LogP contribution in [0.2, 0.25) is 0 Å². The third kappa shape index (κ3) is 2.35. The fourth-order valence-corrected chi connectivity index (χ4v) is 4.94. The Balaban J connectivity index is 1.65. The first kappa shape index (κ1) is 17.4. The molecule has 4 nitrogen and oxygen atoms in total. The smallest absolute Gasteiger partial charge is 0.163 e. The fourth-order valence-electron chi connectivity index (χ4n) is 4.94. The molecule has 2 aromatic rings. The van der Waals surface area contributed by atoms with Crippen LogP contribution in [0.5, 0.6) is 5.75 Å². The molecule has 1 aliphatic carbocycles. The molecule has 1 saturated carbocycles. The average molecular weight is 378 g/mol. The summed E-state index contributed by atoms with van der Waals surface area (Å²) in [5.41, 5.74) is 7.41. The van der Waals surface area contributed by atoms with Crippen LogP contribution in [0.25, 0.3) is 11.1 Å². The highest BCUT2D eigenvalue weighted by molar-refractivity contribution is 5.98. The maximum absolute atomic E-state index is 14.5. The monoisotopic (exact) mass is 378 g/mol. The standard InChI is InChI=1S/C23H23FN2O2/c1-27-17-9-11-22(12-10-17)23(14-19(24)21(25)26-23)18-13-16(7-8-20(18)28-22)15-5-3-2-4-6-15/h2-8,13-14,17H,9-12H2,1H3,(H2,25,26). The molecule has 5 heteroatoms. The molecule has 2 aliphatic heterocycles. The molecule has 2 aromatic carbocycles. The van der Waals surface area contributed by atoms with E-state index in [0.717, 1.165) is 48.1 Å². The van der Waals surface area contributed by atoms with E-state index in [0.29, 0.717) is 0 Å². The number of ether oxygens (including phenoxy) is 2. The summed E-state index contributed by atoms with van der Waals surface area (Å²) in [4.78, 5) is 4.67. The van der Waals surface area contributed by atoms with Gasteiger partial charge < -0.3 is 15.2 Å². The molecule has 0 amide bonds. The molecule has 0 aromatic heterocycles. The zero-order valence-corrected chi connectivity index (χ0v) is 15.8. The lowest BCUT2D eigenvalue weighted by Crippen LogP contribution is -2.52. The normalized spacial score (nSPS) is 30.9. The van der Waals surface area contributed by atoms with Crippen LogP contribution in [-0.4, -0.2) is 24.7 Å². The van der Waals surface area contributed by atoms with Gasteiger partial charge in [-0.1, -0.05) is 36.4 Å². The number of halogens is 1. The van der Waals surface area contributed by atoms with Crippen LogP contribution in [0.1, 0.15) is 31.2 Å². The molecular formula is C23H23FN2O2. The minimum Gasteiger partial charge on any atom is -0.484 e. The molecule has 3 aliphatic rings. The van der Waals surface area contributed by atoms with Gasteiger partial charge >= 0.3 is 0 Å². The molecule has 5 rings (SSSR count). The summed E-state index contributed by atoms with van der Waals surface area (Å²) in [6.07, 6.45) is 4.94. The highest BCUT2D eigenvalue weighted by Gasteiger charge is 2.62. The van der Waals surface area contributed by atoms with E-state index < -0.39 is 17.0 Å². The number of benzene rings is 2. The van der Waals surface area contributed by atoms with Gasteiger partial charge in [-0.2, -0.15) is 0 Å². The summed E-state index contributed by atoms with van der Waals surface area (Å²) >= 11 is 0. The van der Waals surface area contributed by atoms with Crippen molar-refractivity contribution >= 4 is 5.84 Å². The number of aliphatic imine (C=N–C) groups is 1. The summed E-state index contributed by atoms with van der Waals surface area (Å²) in [6, 6.07) is 16.2. The number of nitrogens with two attached hydrogens (primary N) is 1. The van der Waals surface area contributed by atoms with E-state index in [1.54, 1.807) is 13.2 Å². The Bertz CT molecular complexity index is 957. The van der Waals surface area contributed by atoms with E-state index in [9.17, 15) is 4.39 Å². The lowest BCUT2D eigenvalue weighted by molar-refractivity contribution is -0.0426. The van der Waals surface area contributed by atoms with Crippen LogP contribution < -0.4 is 10.5 Å². The van der Waals surface area contributed by atoms with E-state index >= 15 is 0 Å². The first-order chi connectivity index (χ1) is 13.6. The van der Waals surface area contributed by atoms with E-state index in [-0.39, 0.29) is 11.9 Å². The second-order valence-corrected chi connectivity index (χ2v) is 7.86. The van der Waals surface area contributed by atoms with Crippen LogP contribution in [0, 0.1) is 0 Å². The highest BCUT2D eigenvalue weighted by Crippen LogP contribution is 2.59. The van der Waals surface area contributed by atoms with Gasteiger partial charge in [0.05, 0.1) is 6.10 Å². The number of hydrogen-bond acceptors (Lipinski definition) is 4. The second-order valence-electron chi connectivity index (χ2n) is 7.86. The van der Waals surface area contributed by atoms with E-state index in [4.69, 9.17) is 15.2 Å². The number of methoxy groups -OCH3 is 1. The van der Waals surface area contributed by atoms with Crippen molar-refractivity contribution in [1.29, 1.82) is 0 Å². The van der Waals surface area contributed by atoms with Crippen molar-refractivity contribution in [3.8, 4) is 16.9 Å². The van der Waals surface area contributed by atoms with Crippen molar-refractivity contribution in [3.05, 3.63) is 66.0 Å². The number of nitrogens with zero attached hydrogens (tertiary/aromatic N) is 1. The first-order valence-corrected chi connectivity index (χ1v) is 9.73. The van der Waals surface area contributed by atoms with Gasteiger partial charge in [-0.25, -0.2) is 9.38 Å². The van der Waals surface area contributed by atoms with Gasteiger partial charge in [0.1, 0.15) is 11.4 Å². The number of amidine groups is 1. The van der Waals surface area contributed by atoms with Crippen molar-refractivity contribution in [2.75, 3.05) is 7.11 Å². The Morgan fingerprint density at radius 2 is 1.86 bits per heavy atom. The van der Waals surface area contributed by atoms with Crippen LogP contribution >= 0.6 is 0 Å². The van der Waals surface area contributed by atoms with Crippen LogP contribution in [-0.2, 0) is 10.3 Å². The third-order valence-electron chi connectivity index (χ3n) is 6.45. The molecule has 0 saturated heterocycles. The van der Waals surface area contributed by atoms with Crippen molar-refractivity contribution in [2.45, 2.75) is 42.9 Å². The first-order valence-electron chi connectivity index (χ1n) is 9.73. The lowest BCUT2D eigenvalue weighted by Gasteiger charge is -2.43. The number of hydrogen-bond donors (Lipinski definition) is 1. The molecule has 28 heavy (non-hydrogen) atoms. The maximum atomic E-state index is 14.5. The van der Waals surface area contributed by atoms with E-state index in [2.05, 4.69) is 23.2 Å². The van der Waals surface area contributed by atoms with Gasteiger partial charge in [0.15, 0.2) is 17.2 Å². The highest BCUT2D eigenvalue weighted by atomic mass is 19.1. The summed E-state index contributed by atoms with van der Waals surface area (Å²) in [5.74, 6) is 0.252. The minimum absolute atomic E-state index is 0.0465. The van der Waals surface area contributed by atoms with Gasteiger partial charge in [-0.15, -0.1) is 0 Å². The minimum atomic E-state index is -0.917. The topological polar surface area (TPSA) is 56.8 Å². The molecule has 2 heterocycles. The lowest BCUT2D eigenvalue weighted by atomic mass is 9.68. The average Bonchev–Trinajstić information content (AvgIpc) is 3.17. The van der Waals surface area contributed by atoms with E-state index in [1.165, 1.54) is 0 Å². The van der Waals surface area contributed by atoms with Crippen LogP contribution in [0.15, 0.2) is 65.4 Å². The second kappa shape index (κ2) is 6.17. The molecular weight excluding hydrogens is 355 g/mol. The van der Waals surface area contributed by atoms with Crippen LogP contribution in [0.4, 0.5) is 4.39 Å². The maximum Gasteiger partial charge on any atom is 0.163 e. The molecule has 2 spiro atoms. The summed E-state index contributed by atoms with van der Waals surface area (Å²) in [7, 11) is 1.74. The third-order valence-corrected chi connectivity index (χ3v) is 6.45. The SMILES string of the molecule is COC1CCC2(CC1)Oc1ccc(-c3ccccc3)cc1C21C=C(F)C(N)=N1. The largest absolute Gasteiger partial charge is 0.484 e. The summed E-state index contributed by atoms with van der Waals surface area (Å²) < 4.78 is 26.6. The van der Waals surface area contributed by atoms with Gasteiger partial charge in [-0.3, -0.25) is 0 Å². The molecule has 0 bridgehead atoms. The fraction of sp³-hybridized carbons (Fsp3) is 0.348. The van der Waals surface area contributed by atoms with E-state index in [1.807, 2.05) is 30.3 Å². The quantitative estimate of drug-likeness (QED) is 0.837. The van der Waals surface area contributed by atoms with Gasteiger partial charge in [0.2, 0.25) is 0 Å².